The Hall–Kier alpha value is -0.370. The van der Waals surface area contributed by atoms with Gasteiger partial charge >= 0.3 is 0 Å². The van der Waals surface area contributed by atoms with Gasteiger partial charge in [-0.15, -0.1) is 0 Å². The molecule has 2 heteroatoms. The van der Waals surface area contributed by atoms with Gasteiger partial charge in [-0.05, 0) is 44.9 Å². The van der Waals surface area contributed by atoms with Gasteiger partial charge in [0.2, 0.25) is 0 Å². The van der Waals surface area contributed by atoms with E-state index in [1.54, 1.807) is 0 Å². The lowest BCUT2D eigenvalue weighted by Gasteiger charge is -2.31. The summed E-state index contributed by atoms with van der Waals surface area (Å²) in [6.07, 6.45) is 6.97. The average molecular weight is 241 g/mol. The monoisotopic (exact) mass is 241 g/mol. The molecule has 0 bridgehead atoms. The molecule has 1 rings (SSSR count). The van der Waals surface area contributed by atoms with Crippen LogP contribution in [0.25, 0.3) is 0 Å². The summed E-state index contributed by atoms with van der Waals surface area (Å²) >= 11 is 0. The van der Waals surface area contributed by atoms with Crippen molar-refractivity contribution in [3.05, 3.63) is 0 Å². The number of carbonyl (C=O) groups is 1. The van der Waals surface area contributed by atoms with Gasteiger partial charge < -0.3 is 5.32 Å². The van der Waals surface area contributed by atoms with Crippen molar-refractivity contribution in [2.24, 2.45) is 11.8 Å². The van der Waals surface area contributed by atoms with Crippen LogP contribution in [0.3, 0.4) is 0 Å². The molecule has 0 spiro atoms. The van der Waals surface area contributed by atoms with E-state index >= 15 is 0 Å². The van der Waals surface area contributed by atoms with Crippen molar-refractivity contribution in [2.45, 2.75) is 78.3 Å². The second-order valence-corrected chi connectivity index (χ2v) is 6.02. The molecular formula is C15H31NO. The molecule has 0 amide bonds. The quantitative estimate of drug-likeness (QED) is 0.766. The summed E-state index contributed by atoms with van der Waals surface area (Å²) in [7, 11) is 0. The molecule has 17 heavy (non-hydrogen) atoms. The molecule has 1 N–H and O–H groups in total. The van der Waals surface area contributed by atoms with Gasteiger partial charge in [-0.25, -0.2) is 0 Å². The van der Waals surface area contributed by atoms with Crippen molar-refractivity contribution in [2.75, 3.05) is 0 Å². The van der Waals surface area contributed by atoms with Crippen molar-refractivity contribution in [3.8, 4) is 0 Å². The summed E-state index contributed by atoms with van der Waals surface area (Å²) in [6, 6.07) is 1.32. The maximum Gasteiger partial charge on any atom is 0.135 e. The van der Waals surface area contributed by atoms with Gasteiger partial charge in [0.05, 0.1) is 0 Å². The normalized spacial score (nSPS) is 27.1. The van der Waals surface area contributed by atoms with Crippen molar-refractivity contribution < 1.29 is 6.22 Å². The summed E-state index contributed by atoms with van der Waals surface area (Å²) in [4.78, 5) is 11.7. The minimum atomic E-state index is 0. The lowest BCUT2D eigenvalue weighted by Crippen LogP contribution is -2.39. The molecule has 102 valence electrons. The third-order valence-electron chi connectivity index (χ3n) is 4.11. The number of rotatable bonds is 6. The first kappa shape index (κ1) is 14.7. The summed E-state index contributed by atoms with van der Waals surface area (Å²) in [5, 5.41) is 3.68. The first-order valence-electron chi connectivity index (χ1n) is 7.31. The van der Waals surface area contributed by atoms with Crippen molar-refractivity contribution in [1.82, 2.24) is 5.32 Å². The molecule has 1 fully saturated rings. The zero-order chi connectivity index (χ0) is 12.8. The highest BCUT2D eigenvalue weighted by Gasteiger charge is 2.24. The van der Waals surface area contributed by atoms with Crippen molar-refractivity contribution >= 4 is 5.78 Å². The maximum atomic E-state index is 11.7. The van der Waals surface area contributed by atoms with Crippen LogP contribution in [-0.2, 0) is 4.79 Å². The molecule has 0 aromatic carbocycles. The fourth-order valence-corrected chi connectivity index (χ4v) is 2.57. The molecule has 0 heterocycles. The van der Waals surface area contributed by atoms with Crippen LogP contribution in [0, 0.1) is 11.8 Å². The Kier molecular flexibility index (Phi) is 6.18. The largest absolute Gasteiger partial charge is 0.312 e. The predicted octanol–water partition coefficient (Wildman–Crippen LogP) is 3.79. The van der Waals surface area contributed by atoms with Crippen molar-refractivity contribution in [1.29, 1.82) is 0 Å². The van der Waals surface area contributed by atoms with Crippen LogP contribution in [0.4, 0.5) is 0 Å². The van der Waals surface area contributed by atoms with E-state index < -0.39 is 0 Å². The van der Waals surface area contributed by atoms with Crippen LogP contribution in [-0.4, -0.2) is 17.9 Å². The lowest BCUT2D eigenvalue weighted by molar-refractivity contribution is -0.123. The van der Waals surface area contributed by atoms with Gasteiger partial charge in [-0.1, -0.05) is 20.8 Å². The Morgan fingerprint density at radius 3 is 2.29 bits per heavy atom. The van der Waals surface area contributed by atoms with E-state index in [-0.39, 0.29) is 7.34 Å². The first-order valence-corrected chi connectivity index (χ1v) is 7.31. The molecule has 2 nitrogen and oxygen atoms in total. The van der Waals surface area contributed by atoms with Crippen LogP contribution in [0.2, 0.25) is 0 Å². The Labute approximate surface area is 108 Å². The first-order chi connectivity index (χ1) is 8.02. The molecule has 0 aliphatic heterocycles. The average Bonchev–Trinajstić information content (AvgIpc) is 2.31. The fourth-order valence-electron chi connectivity index (χ4n) is 2.57. The number of Topliss-reactive ketones (excluding diaryl/α,β-unsaturated/α-hetero) is 1. The molecule has 1 atom stereocenters. The van der Waals surface area contributed by atoms with Crippen LogP contribution in [0.15, 0.2) is 0 Å². The van der Waals surface area contributed by atoms with E-state index in [2.05, 4.69) is 19.2 Å². The summed E-state index contributed by atoms with van der Waals surface area (Å²) in [5.74, 6) is 1.31. The van der Waals surface area contributed by atoms with Crippen LogP contribution >= 0.6 is 0 Å². The van der Waals surface area contributed by atoms with Gasteiger partial charge in [-0.3, -0.25) is 4.79 Å². The van der Waals surface area contributed by atoms with Crippen LogP contribution in [0.5, 0.6) is 0 Å². The molecule has 1 saturated carbocycles. The molecule has 1 aliphatic rings. The second kappa shape index (κ2) is 7.15. The standard InChI is InChI=1S/C15H29NO.H2/c1-5-12(4)16-14-8-6-13(7-9-14)10-15(17)11(2)3;/h11-14,16H,5-10H2,1-4H3;1H. The Bertz CT molecular complexity index is 235. The van der Waals surface area contributed by atoms with Gasteiger partial charge in [0.1, 0.15) is 5.78 Å². The van der Waals surface area contributed by atoms with Crippen LogP contribution in [0.1, 0.15) is 67.6 Å². The fraction of sp³-hybridized carbons (Fsp3) is 0.933. The summed E-state index contributed by atoms with van der Waals surface area (Å²) in [6.45, 7) is 8.51. The highest BCUT2D eigenvalue weighted by molar-refractivity contribution is 5.80. The molecule has 0 radical (unpaired) electrons. The molecule has 0 aromatic heterocycles. The molecule has 1 aliphatic carbocycles. The Morgan fingerprint density at radius 1 is 1.24 bits per heavy atom. The van der Waals surface area contributed by atoms with Gasteiger partial charge in [0, 0.05) is 25.8 Å². The number of hydrogen-bond acceptors (Lipinski definition) is 2. The second-order valence-electron chi connectivity index (χ2n) is 6.02. The zero-order valence-electron chi connectivity index (χ0n) is 12.0. The van der Waals surface area contributed by atoms with E-state index in [1.807, 2.05) is 13.8 Å². The zero-order valence-corrected chi connectivity index (χ0v) is 12.0. The predicted molar refractivity (Wildman–Crippen MR) is 75.2 cm³/mol. The van der Waals surface area contributed by atoms with Crippen LogP contribution < -0.4 is 5.32 Å². The van der Waals surface area contributed by atoms with E-state index in [9.17, 15) is 4.79 Å². The third kappa shape index (κ3) is 5.20. The molecule has 0 saturated heterocycles. The highest BCUT2D eigenvalue weighted by atomic mass is 16.1. The SMILES string of the molecule is CCC(C)NC1CCC(CC(=O)C(C)C)CC1.[HH]. The van der Waals surface area contributed by atoms with E-state index in [1.165, 1.54) is 32.1 Å². The maximum absolute atomic E-state index is 11.7. The van der Waals surface area contributed by atoms with Gasteiger partial charge in [0.25, 0.3) is 0 Å². The van der Waals surface area contributed by atoms with Gasteiger partial charge in [-0.2, -0.15) is 0 Å². The minimum Gasteiger partial charge on any atom is -0.312 e. The van der Waals surface area contributed by atoms with Crippen molar-refractivity contribution in [3.63, 3.8) is 0 Å². The number of hydrogen-bond donors (Lipinski definition) is 1. The summed E-state index contributed by atoms with van der Waals surface area (Å²) < 4.78 is 0. The molecule has 1 unspecified atom stereocenters. The Balaban J connectivity index is 0.00000289. The minimum absolute atomic E-state index is 0. The molecular weight excluding hydrogens is 210 g/mol. The number of carbonyl (C=O) groups excluding carboxylic acids is 1. The highest BCUT2D eigenvalue weighted by Crippen LogP contribution is 2.28. The third-order valence-corrected chi connectivity index (χ3v) is 4.11. The van der Waals surface area contributed by atoms with E-state index in [0.29, 0.717) is 23.8 Å². The molecule has 0 aromatic rings. The smallest absolute Gasteiger partial charge is 0.135 e. The van der Waals surface area contributed by atoms with E-state index in [0.717, 1.165) is 6.42 Å². The number of nitrogens with one attached hydrogen (secondary N) is 1. The number of ketones is 1. The van der Waals surface area contributed by atoms with Gasteiger partial charge in [0.15, 0.2) is 0 Å². The van der Waals surface area contributed by atoms with E-state index in [4.69, 9.17) is 0 Å². The summed E-state index contributed by atoms with van der Waals surface area (Å²) in [5.41, 5.74) is 0. The Morgan fingerprint density at radius 2 is 1.82 bits per heavy atom. The lowest BCUT2D eigenvalue weighted by atomic mass is 9.81. The topological polar surface area (TPSA) is 29.1 Å².